The Morgan fingerprint density at radius 3 is 2.70 bits per heavy atom. The largest absolute Gasteiger partial charge is 0.508 e. The molecule has 1 atom stereocenters. The van der Waals surface area contributed by atoms with Crippen LogP contribution in [0.2, 0.25) is 0 Å². The second-order valence-corrected chi connectivity index (χ2v) is 7.00. The summed E-state index contributed by atoms with van der Waals surface area (Å²) < 4.78 is 1.91. The zero-order valence-corrected chi connectivity index (χ0v) is 13.0. The Morgan fingerprint density at radius 1 is 1.13 bits per heavy atom. The third-order valence-electron chi connectivity index (χ3n) is 5.78. The Kier molecular flexibility index (Phi) is 2.74. The predicted molar refractivity (Wildman–Crippen MR) is 85.4 cm³/mol. The Bertz CT molecular complexity index is 791. The number of benzene rings is 1. The molecule has 1 amide bonds. The molecule has 0 saturated carbocycles. The fourth-order valence-corrected chi connectivity index (χ4v) is 4.61. The summed E-state index contributed by atoms with van der Waals surface area (Å²) in [5, 5.41) is 15.2. The lowest BCUT2D eigenvalue weighted by atomic mass is 9.83. The van der Waals surface area contributed by atoms with E-state index in [1.54, 1.807) is 18.3 Å². The SMILES string of the molecule is O=C1c2cc(O)cc3cnn(c23)CCN1C1CN2CCC1CC2. The summed E-state index contributed by atoms with van der Waals surface area (Å²) in [4.78, 5) is 17.7. The highest BCUT2D eigenvalue weighted by molar-refractivity contribution is 6.06. The fourth-order valence-electron chi connectivity index (χ4n) is 4.61. The van der Waals surface area contributed by atoms with Crippen molar-refractivity contribution in [2.45, 2.75) is 25.4 Å². The second-order valence-electron chi connectivity index (χ2n) is 7.00. The van der Waals surface area contributed by atoms with E-state index >= 15 is 0 Å². The van der Waals surface area contributed by atoms with Gasteiger partial charge in [-0.1, -0.05) is 0 Å². The number of hydrogen-bond acceptors (Lipinski definition) is 4. The van der Waals surface area contributed by atoms with Gasteiger partial charge in [0, 0.05) is 24.5 Å². The molecule has 1 N–H and O–H groups in total. The molecule has 1 aromatic carbocycles. The third-order valence-corrected chi connectivity index (χ3v) is 5.78. The van der Waals surface area contributed by atoms with Gasteiger partial charge >= 0.3 is 0 Å². The van der Waals surface area contributed by atoms with Crippen LogP contribution in [0.1, 0.15) is 23.2 Å². The highest BCUT2D eigenvalue weighted by Gasteiger charge is 2.40. The molecule has 1 unspecified atom stereocenters. The molecule has 3 saturated heterocycles. The molecule has 0 spiro atoms. The van der Waals surface area contributed by atoms with E-state index in [0.29, 0.717) is 24.1 Å². The molecule has 4 aliphatic heterocycles. The lowest BCUT2D eigenvalue weighted by Gasteiger charge is -2.48. The molecular weight excluding hydrogens is 292 g/mol. The number of carbonyl (C=O) groups excluding carboxylic acids is 1. The number of phenolic OH excluding ortho intramolecular Hbond substituents is 1. The lowest BCUT2D eigenvalue weighted by molar-refractivity contribution is 0.00705. The average Bonchev–Trinajstić information content (AvgIpc) is 2.91. The van der Waals surface area contributed by atoms with Crippen molar-refractivity contribution in [3.63, 3.8) is 0 Å². The number of carbonyl (C=O) groups is 1. The van der Waals surface area contributed by atoms with Crippen LogP contribution >= 0.6 is 0 Å². The van der Waals surface area contributed by atoms with Gasteiger partial charge in [0.1, 0.15) is 5.75 Å². The summed E-state index contributed by atoms with van der Waals surface area (Å²) in [6, 6.07) is 3.58. The standard InChI is InChI=1S/C17H20N4O2/c22-13-7-12-9-18-21-6-5-20(17(23)14(8-13)16(12)21)15-10-19-3-1-11(15)2-4-19/h7-9,11,15,22H,1-6,10H2. The molecular formula is C17H20N4O2. The van der Waals surface area contributed by atoms with E-state index in [-0.39, 0.29) is 11.7 Å². The van der Waals surface area contributed by atoms with Crippen LogP contribution in [0.15, 0.2) is 18.3 Å². The number of piperidine rings is 3. The van der Waals surface area contributed by atoms with Crippen LogP contribution in [0.5, 0.6) is 5.75 Å². The first-order valence-corrected chi connectivity index (χ1v) is 8.42. The van der Waals surface area contributed by atoms with E-state index < -0.39 is 0 Å². The summed E-state index contributed by atoms with van der Waals surface area (Å²) in [6.45, 7) is 4.74. The lowest BCUT2D eigenvalue weighted by Crippen LogP contribution is -2.58. The number of rotatable bonds is 1. The van der Waals surface area contributed by atoms with E-state index in [9.17, 15) is 9.90 Å². The Balaban J connectivity index is 1.58. The molecule has 1 aromatic heterocycles. The first kappa shape index (κ1) is 13.4. The van der Waals surface area contributed by atoms with Gasteiger partial charge in [-0.2, -0.15) is 5.10 Å². The van der Waals surface area contributed by atoms with Crippen LogP contribution < -0.4 is 0 Å². The molecule has 2 aromatic rings. The fraction of sp³-hybridized carbons (Fsp3) is 0.529. The molecule has 2 bridgehead atoms. The number of nitrogens with zero attached hydrogens (tertiary/aromatic N) is 4. The van der Waals surface area contributed by atoms with Crippen LogP contribution in [0, 0.1) is 5.92 Å². The van der Waals surface area contributed by atoms with E-state index in [0.717, 1.165) is 24.0 Å². The van der Waals surface area contributed by atoms with Crippen molar-refractivity contribution < 1.29 is 9.90 Å². The van der Waals surface area contributed by atoms with Crippen LogP contribution in [0.3, 0.4) is 0 Å². The smallest absolute Gasteiger partial charge is 0.256 e. The van der Waals surface area contributed by atoms with E-state index in [1.807, 2.05) is 9.58 Å². The van der Waals surface area contributed by atoms with Crippen molar-refractivity contribution in [2.24, 2.45) is 5.92 Å². The topological polar surface area (TPSA) is 61.6 Å². The van der Waals surface area contributed by atoms with Crippen LogP contribution in [-0.2, 0) is 6.54 Å². The number of fused-ring (bicyclic) bond motifs is 3. The van der Waals surface area contributed by atoms with Crippen LogP contribution in [-0.4, -0.2) is 62.8 Å². The summed E-state index contributed by atoms with van der Waals surface area (Å²) >= 11 is 0. The van der Waals surface area contributed by atoms with Gasteiger partial charge in [-0.05, 0) is 44.0 Å². The maximum Gasteiger partial charge on any atom is 0.256 e. The monoisotopic (exact) mass is 312 g/mol. The minimum absolute atomic E-state index is 0.0453. The first-order chi connectivity index (χ1) is 11.2. The van der Waals surface area contributed by atoms with Crippen molar-refractivity contribution in [2.75, 3.05) is 26.2 Å². The summed E-state index contributed by atoms with van der Waals surface area (Å²) in [5.74, 6) is 0.794. The van der Waals surface area contributed by atoms with Crippen LogP contribution in [0.25, 0.3) is 10.9 Å². The van der Waals surface area contributed by atoms with Crippen molar-refractivity contribution in [3.05, 3.63) is 23.9 Å². The molecule has 4 aliphatic rings. The predicted octanol–water partition coefficient (Wildman–Crippen LogP) is 1.29. The molecule has 6 nitrogen and oxygen atoms in total. The molecule has 6 heteroatoms. The number of hydrogen-bond donors (Lipinski definition) is 1. The van der Waals surface area contributed by atoms with Crippen molar-refractivity contribution in [1.82, 2.24) is 19.6 Å². The van der Waals surface area contributed by atoms with Gasteiger partial charge in [-0.25, -0.2) is 0 Å². The Hall–Kier alpha value is -2.08. The Morgan fingerprint density at radius 2 is 1.96 bits per heavy atom. The highest BCUT2D eigenvalue weighted by Crippen LogP contribution is 2.34. The number of phenols is 1. The van der Waals surface area contributed by atoms with E-state index in [2.05, 4.69) is 10.00 Å². The van der Waals surface area contributed by atoms with Gasteiger partial charge in [0.05, 0.1) is 23.8 Å². The van der Waals surface area contributed by atoms with Gasteiger partial charge in [0.25, 0.3) is 5.91 Å². The molecule has 5 heterocycles. The zero-order valence-electron chi connectivity index (χ0n) is 13.0. The van der Waals surface area contributed by atoms with Gasteiger partial charge < -0.3 is 14.9 Å². The van der Waals surface area contributed by atoms with E-state index in [4.69, 9.17) is 0 Å². The quantitative estimate of drug-likeness (QED) is 0.862. The maximum absolute atomic E-state index is 13.2. The summed E-state index contributed by atoms with van der Waals surface area (Å²) in [7, 11) is 0. The highest BCUT2D eigenvalue weighted by atomic mass is 16.3. The molecule has 3 fully saturated rings. The van der Waals surface area contributed by atoms with Crippen molar-refractivity contribution in [1.29, 1.82) is 0 Å². The molecule has 0 aliphatic carbocycles. The van der Waals surface area contributed by atoms with Crippen molar-refractivity contribution in [3.8, 4) is 5.75 Å². The minimum atomic E-state index is 0.0453. The van der Waals surface area contributed by atoms with Gasteiger partial charge in [-0.15, -0.1) is 0 Å². The van der Waals surface area contributed by atoms with Gasteiger partial charge in [0.2, 0.25) is 0 Å². The van der Waals surface area contributed by atoms with Gasteiger partial charge in [0.15, 0.2) is 0 Å². The maximum atomic E-state index is 13.2. The van der Waals surface area contributed by atoms with Gasteiger partial charge in [-0.3, -0.25) is 9.48 Å². The summed E-state index contributed by atoms with van der Waals surface area (Å²) in [6.07, 6.45) is 4.11. The molecule has 23 heavy (non-hydrogen) atoms. The average molecular weight is 312 g/mol. The number of aromatic hydroxyl groups is 1. The molecule has 120 valence electrons. The normalized spacial score (nSPS) is 30.0. The number of aromatic nitrogens is 2. The first-order valence-electron chi connectivity index (χ1n) is 8.42. The second kappa shape index (κ2) is 4.71. The van der Waals surface area contributed by atoms with Crippen LogP contribution in [0.4, 0.5) is 0 Å². The minimum Gasteiger partial charge on any atom is -0.508 e. The molecule has 6 rings (SSSR count). The Labute approximate surface area is 134 Å². The number of amides is 1. The zero-order chi connectivity index (χ0) is 15.6. The third kappa shape index (κ3) is 1.91. The molecule has 0 radical (unpaired) electrons. The van der Waals surface area contributed by atoms with Crippen molar-refractivity contribution >= 4 is 16.8 Å². The van der Waals surface area contributed by atoms with E-state index in [1.165, 1.54) is 25.9 Å². The summed E-state index contributed by atoms with van der Waals surface area (Å²) in [5.41, 5.74) is 1.45.